The van der Waals surface area contributed by atoms with E-state index in [-0.39, 0.29) is 22.3 Å². The first-order chi connectivity index (χ1) is 17.0. The summed E-state index contributed by atoms with van der Waals surface area (Å²) < 4.78 is 54.6. The second kappa shape index (κ2) is 11.2. The molecule has 0 amide bonds. The molecule has 5 rings (SSSR count). The van der Waals surface area contributed by atoms with Crippen LogP contribution in [0.2, 0.25) is 4.34 Å². The Morgan fingerprint density at radius 3 is 2.17 bits per heavy atom. The summed E-state index contributed by atoms with van der Waals surface area (Å²) >= 11 is 11.3. The molecule has 4 N–H and O–H groups in total. The number of anilines is 2. The van der Waals surface area contributed by atoms with Gasteiger partial charge in [0, 0.05) is 0 Å². The summed E-state index contributed by atoms with van der Waals surface area (Å²) in [5, 5.41) is 6.00. The fraction of sp³-hybridized carbons (Fsp3) is 0.500. The van der Waals surface area contributed by atoms with Crippen molar-refractivity contribution in [1.82, 2.24) is 9.44 Å². The summed E-state index contributed by atoms with van der Waals surface area (Å²) in [4.78, 5) is 8.80. The minimum Gasteiger partial charge on any atom is -0.324 e. The van der Waals surface area contributed by atoms with Crippen LogP contribution in [0.25, 0.3) is 0 Å². The third-order valence-corrected chi connectivity index (χ3v) is 12.3. The third-order valence-electron chi connectivity index (χ3n) is 5.68. The maximum atomic E-state index is 12.0. The lowest BCUT2D eigenvalue weighted by atomic mass is 10.2. The predicted octanol–water partition coefficient (Wildman–Crippen LogP) is 5.16. The van der Waals surface area contributed by atoms with Crippen molar-refractivity contribution in [3.8, 4) is 0 Å². The molecule has 4 heterocycles. The molecular formula is C20H26BrClN6O4S4. The summed E-state index contributed by atoms with van der Waals surface area (Å²) in [6, 6.07) is 3.70. The Balaban J connectivity index is 0.000000169. The van der Waals surface area contributed by atoms with E-state index in [9.17, 15) is 16.8 Å². The molecule has 10 nitrogen and oxygen atoms in total. The topological polar surface area (TPSA) is 141 Å². The van der Waals surface area contributed by atoms with Gasteiger partial charge in [-0.1, -0.05) is 38.3 Å². The Morgan fingerprint density at radius 1 is 0.972 bits per heavy atom. The van der Waals surface area contributed by atoms with Crippen molar-refractivity contribution in [2.24, 2.45) is 9.98 Å². The van der Waals surface area contributed by atoms with Gasteiger partial charge in [-0.25, -0.2) is 36.3 Å². The van der Waals surface area contributed by atoms with Gasteiger partial charge in [0.15, 0.2) is 8.42 Å². The van der Waals surface area contributed by atoms with E-state index in [1.54, 1.807) is 12.1 Å². The van der Waals surface area contributed by atoms with Crippen LogP contribution >= 0.6 is 50.2 Å². The van der Waals surface area contributed by atoms with Crippen molar-refractivity contribution in [3.63, 3.8) is 0 Å². The molecule has 1 fully saturated rings. The molecule has 0 unspecified atom stereocenters. The molecule has 0 aromatic carbocycles. The highest BCUT2D eigenvalue weighted by Crippen LogP contribution is 2.37. The quantitative estimate of drug-likeness (QED) is 0.358. The summed E-state index contributed by atoms with van der Waals surface area (Å²) in [5.41, 5.74) is 1.09. The number of nitrogens with one attached hydrogen (secondary N) is 4. The summed E-state index contributed by atoms with van der Waals surface area (Å²) in [5.74, 6) is 0.616. The number of hydrogen-bond acceptors (Lipinski definition) is 8. The van der Waals surface area contributed by atoms with E-state index in [0.29, 0.717) is 25.9 Å². The van der Waals surface area contributed by atoms with Crippen LogP contribution in [0.5, 0.6) is 0 Å². The molecule has 1 saturated carbocycles. The van der Waals surface area contributed by atoms with Crippen LogP contribution in [0.3, 0.4) is 0 Å². The number of thiophene rings is 2. The first kappa shape index (κ1) is 27.6. The minimum absolute atomic E-state index is 0.103. The van der Waals surface area contributed by atoms with Gasteiger partial charge in [0.05, 0.1) is 31.6 Å². The number of aliphatic imine (C=N–C) groups is 2. The van der Waals surface area contributed by atoms with E-state index < -0.39 is 20.0 Å². The standard InChI is InChI=1S/C10H12BrN3O2S2.C10H14ClN3O2S2/c11-8-5-7-9(17-8)18(15,16)14-10(13-7)12-6-3-1-2-4-6;1-3-6(4-2)12-10-13-7-5-8(11)17-9(7)18(15,16)14-10/h5-6H,1-4H2,(H2,12,13,14);5-6H,3-4H2,1-2H3,(H2,12,13,14). The van der Waals surface area contributed by atoms with Crippen molar-refractivity contribution < 1.29 is 16.8 Å². The lowest BCUT2D eigenvalue weighted by Gasteiger charge is -2.19. The molecule has 3 aliphatic rings. The van der Waals surface area contributed by atoms with Crippen molar-refractivity contribution in [3.05, 3.63) is 20.3 Å². The van der Waals surface area contributed by atoms with Gasteiger partial charge in [-0.15, -0.1) is 22.7 Å². The van der Waals surface area contributed by atoms with E-state index in [1.165, 1.54) is 24.2 Å². The predicted molar refractivity (Wildman–Crippen MR) is 151 cm³/mol. The summed E-state index contributed by atoms with van der Waals surface area (Å²) in [6.07, 6.45) is 6.13. The van der Waals surface area contributed by atoms with E-state index in [4.69, 9.17) is 11.6 Å². The average molecular weight is 658 g/mol. The normalized spacial score (nSPS) is 22.0. The van der Waals surface area contributed by atoms with Crippen LogP contribution in [-0.4, -0.2) is 40.8 Å². The fourth-order valence-corrected chi connectivity index (χ4v) is 9.93. The molecule has 36 heavy (non-hydrogen) atoms. The molecule has 2 aromatic rings. The van der Waals surface area contributed by atoms with Crippen molar-refractivity contribution in [2.75, 3.05) is 10.6 Å². The molecule has 2 aromatic heterocycles. The molecule has 0 atom stereocenters. The first-order valence-electron chi connectivity index (χ1n) is 11.3. The highest BCUT2D eigenvalue weighted by atomic mass is 79.9. The molecule has 198 valence electrons. The van der Waals surface area contributed by atoms with Gasteiger partial charge < -0.3 is 10.6 Å². The fourth-order valence-electron chi connectivity index (χ4n) is 3.90. The molecule has 0 bridgehead atoms. The number of guanidine groups is 2. The molecule has 2 aliphatic heterocycles. The maximum Gasteiger partial charge on any atom is 0.275 e. The lowest BCUT2D eigenvalue weighted by molar-refractivity contribution is 0.590. The van der Waals surface area contributed by atoms with Gasteiger partial charge in [0.1, 0.15) is 0 Å². The smallest absolute Gasteiger partial charge is 0.275 e. The first-order valence-corrected chi connectivity index (χ1v) is 17.1. The number of sulfonamides is 2. The zero-order chi connectivity index (χ0) is 26.1. The second-order valence-electron chi connectivity index (χ2n) is 8.33. The van der Waals surface area contributed by atoms with E-state index >= 15 is 0 Å². The number of nitrogens with zero attached hydrogens (tertiary/aromatic N) is 2. The van der Waals surface area contributed by atoms with E-state index in [1.807, 2.05) is 13.8 Å². The number of rotatable bonds is 4. The van der Waals surface area contributed by atoms with Crippen LogP contribution < -0.4 is 20.1 Å². The van der Waals surface area contributed by atoms with Crippen LogP contribution in [0.15, 0.2) is 34.3 Å². The monoisotopic (exact) mass is 656 g/mol. The largest absolute Gasteiger partial charge is 0.324 e. The van der Waals surface area contributed by atoms with Gasteiger partial charge in [-0.2, -0.15) is 0 Å². The van der Waals surface area contributed by atoms with Gasteiger partial charge in [-0.3, -0.25) is 0 Å². The SMILES string of the molecule is CCC(CC)N=C1Nc2cc(Cl)sc2S(=O)(=O)N1.O=S1(=O)NC(=NC2CCCC2)Nc2cc(Br)sc21. The van der Waals surface area contributed by atoms with Gasteiger partial charge >= 0.3 is 0 Å². The summed E-state index contributed by atoms with van der Waals surface area (Å²) in [6.45, 7) is 4.03. The molecule has 0 saturated heterocycles. The Hall–Kier alpha value is -1.39. The zero-order valence-corrected chi connectivity index (χ0v) is 25.1. The van der Waals surface area contributed by atoms with E-state index in [2.05, 4.69) is 46.0 Å². The summed E-state index contributed by atoms with van der Waals surface area (Å²) in [7, 11) is -7.01. The Kier molecular flexibility index (Phi) is 8.56. The minimum atomic E-state index is -3.54. The van der Waals surface area contributed by atoms with Crippen molar-refractivity contribution in [2.45, 2.75) is 72.9 Å². The van der Waals surface area contributed by atoms with Gasteiger partial charge in [0.25, 0.3) is 20.0 Å². The van der Waals surface area contributed by atoms with Gasteiger partial charge in [-0.05, 0) is 53.7 Å². The van der Waals surface area contributed by atoms with Crippen LogP contribution in [-0.2, 0) is 20.0 Å². The van der Waals surface area contributed by atoms with Crippen molar-refractivity contribution in [1.29, 1.82) is 0 Å². The highest BCUT2D eigenvalue weighted by Gasteiger charge is 2.31. The molecular weight excluding hydrogens is 632 g/mol. The van der Waals surface area contributed by atoms with Crippen LogP contribution in [0.4, 0.5) is 11.4 Å². The second-order valence-corrected chi connectivity index (χ2v) is 16.2. The maximum absolute atomic E-state index is 12.0. The zero-order valence-electron chi connectivity index (χ0n) is 19.5. The van der Waals surface area contributed by atoms with E-state index in [0.717, 1.165) is 40.8 Å². The number of halogens is 2. The lowest BCUT2D eigenvalue weighted by Crippen LogP contribution is -2.40. The molecule has 0 radical (unpaired) electrons. The number of fused-ring (bicyclic) bond motifs is 2. The molecule has 1 aliphatic carbocycles. The van der Waals surface area contributed by atoms with Crippen LogP contribution in [0.1, 0.15) is 52.4 Å². The highest BCUT2D eigenvalue weighted by molar-refractivity contribution is 9.11. The van der Waals surface area contributed by atoms with Gasteiger partial charge in [0.2, 0.25) is 11.9 Å². The third kappa shape index (κ3) is 6.35. The van der Waals surface area contributed by atoms with Crippen molar-refractivity contribution >= 4 is 93.5 Å². The molecule has 16 heteroatoms. The Bertz CT molecular complexity index is 1300. The average Bonchev–Trinajstić information content (AvgIpc) is 3.52. The Morgan fingerprint density at radius 2 is 1.53 bits per heavy atom. The molecule has 0 spiro atoms. The number of hydrogen-bond donors (Lipinski definition) is 4. The Labute approximate surface area is 232 Å². The van der Waals surface area contributed by atoms with Crippen LogP contribution in [0, 0.1) is 0 Å².